The van der Waals surface area contributed by atoms with Gasteiger partial charge in [-0.15, -0.1) is 0 Å². The highest BCUT2D eigenvalue weighted by Crippen LogP contribution is 2.21. The molecule has 6 heteroatoms. The standard InChI is InChI=1S/C15H14ClN3O2/c1-9(10-2-5-12(17)6-3-10)18-19-15(21)13-8-11(16)4-7-14(13)20/h2-8,20H,17H2,1H3,(H,19,21)/b18-9-. The first-order valence-electron chi connectivity index (χ1n) is 6.16. The Morgan fingerprint density at radius 1 is 1.24 bits per heavy atom. The Kier molecular flexibility index (Phi) is 4.45. The van der Waals surface area contributed by atoms with Crippen LogP contribution < -0.4 is 11.2 Å². The molecule has 5 nitrogen and oxygen atoms in total. The molecule has 0 spiro atoms. The maximum Gasteiger partial charge on any atom is 0.275 e. The van der Waals surface area contributed by atoms with E-state index in [1.165, 1.54) is 18.2 Å². The molecule has 0 heterocycles. The van der Waals surface area contributed by atoms with Crippen molar-refractivity contribution in [2.24, 2.45) is 5.10 Å². The summed E-state index contributed by atoms with van der Waals surface area (Å²) in [6.07, 6.45) is 0. The van der Waals surface area contributed by atoms with Gasteiger partial charge >= 0.3 is 0 Å². The SMILES string of the molecule is C/C(=N/NC(=O)c1cc(Cl)ccc1O)c1ccc(N)cc1. The van der Waals surface area contributed by atoms with Crippen LogP contribution >= 0.6 is 11.6 Å². The number of nitrogens with two attached hydrogens (primary N) is 1. The number of amides is 1. The molecule has 2 rings (SSSR count). The van der Waals surface area contributed by atoms with E-state index in [0.717, 1.165) is 5.56 Å². The fourth-order valence-corrected chi connectivity index (χ4v) is 1.85. The number of hydrogen-bond donors (Lipinski definition) is 3. The van der Waals surface area contributed by atoms with Crippen molar-refractivity contribution in [2.75, 3.05) is 5.73 Å². The number of phenolic OH excluding ortho intramolecular Hbond substituents is 1. The maximum atomic E-state index is 12.0. The van der Waals surface area contributed by atoms with Gasteiger partial charge in [0.2, 0.25) is 0 Å². The Morgan fingerprint density at radius 3 is 2.57 bits per heavy atom. The molecule has 1 amide bonds. The fraction of sp³-hybridized carbons (Fsp3) is 0.0667. The summed E-state index contributed by atoms with van der Waals surface area (Å²) in [6.45, 7) is 1.75. The van der Waals surface area contributed by atoms with Crippen LogP contribution in [0.4, 0.5) is 5.69 Å². The Balaban J connectivity index is 2.14. The van der Waals surface area contributed by atoms with Crippen LogP contribution in [0.1, 0.15) is 22.8 Å². The van der Waals surface area contributed by atoms with Gasteiger partial charge in [-0.3, -0.25) is 4.79 Å². The number of nitrogens with zero attached hydrogens (tertiary/aromatic N) is 1. The number of halogens is 1. The van der Waals surface area contributed by atoms with Crippen LogP contribution in [0.15, 0.2) is 47.6 Å². The van der Waals surface area contributed by atoms with E-state index in [1.54, 1.807) is 31.2 Å². The predicted molar refractivity (Wildman–Crippen MR) is 83.6 cm³/mol. The quantitative estimate of drug-likeness (QED) is 0.463. The maximum absolute atomic E-state index is 12.0. The van der Waals surface area contributed by atoms with E-state index in [4.69, 9.17) is 17.3 Å². The molecule has 0 saturated heterocycles. The second kappa shape index (κ2) is 6.28. The average Bonchev–Trinajstić information content (AvgIpc) is 2.47. The van der Waals surface area contributed by atoms with Crippen LogP contribution in [-0.2, 0) is 0 Å². The average molecular weight is 304 g/mol. The topological polar surface area (TPSA) is 87.7 Å². The molecule has 21 heavy (non-hydrogen) atoms. The number of hydrogen-bond acceptors (Lipinski definition) is 4. The first-order chi connectivity index (χ1) is 9.97. The zero-order valence-corrected chi connectivity index (χ0v) is 12.1. The van der Waals surface area contributed by atoms with Gasteiger partial charge in [0.05, 0.1) is 11.3 Å². The number of anilines is 1. The normalized spacial score (nSPS) is 11.2. The molecule has 0 radical (unpaired) electrons. The van der Waals surface area contributed by atoms with Gasteiger partial charge in [-0.05, 0) is 42.8 Å². The lowest BCUT2D eigenvalue weighted by molar-refractivity contribution is 0.0952. The molecular weight excluding hydrogens is 290 g/mol. The molecule has 0 bridgehead atoms. The van der Waals surface area contributed by atoms with E-state index >= 15 is 0 Å². The first-order valence-corrected chi connectivity index (χ1v) is 6.54. The van der Waals surface area contributed by atoms with Crippen molar-refractivity contribution in [3.63, 3.8) is 0 Å². The van der Waals surface area contributed by atoms with Crippen LogP contribution in [0, 0.1) is 0 Å². The van der Waals surface area contributed by atoms with Gasteiger partial charge < -0.3 is 10.8 Å². The summed E-state index contributed by atoms with van der Waals surface area (Å²) in [5, 5.41) is 14.0. The lowest BCUT2D eigenvalue weighted by Crippen LogP contribution is -2.19. The zero-order chi connectivity index (χ0) is 15.4. The Hall–Kier alpha value is -2.53. The van der Waals surface area contributed by atoms with E-state index < -0.39 is 5.91 Å². The summed E-state index contributed by atoms with van der Waals surface area (Å²) in [5.74, 6) is -0.693. The molecule has 0 fully saturated rings. The van der Waals surface area contributed by atoms with E-state index in [-0.39, 0.29) is 11.3 Å². The van der Waals surface area contributed by atoms with Crippen molar-refractivity contribution in [1.82, 2.24) is 5.43 Å². The molecule has 2 aromatic rings. The lowest BCUT2D eigenvalue weighted by atomic mass is 10.1. The molecule has 0 aliphatic rings. The van der Waals surface area contributed by atoms with Crippen LogP contribution in [0.3, 0.4) is 0 Å². The van der Waals surface area contributed by atoms with Gasteiger partial charge in [0, 0.05) is 10.7 Å². The molecule has 0 aliphatic heterocycles. The molecule has 4 N–H and O–H groups in total. The number of carbonyl (C=O) groups excluding carboxylic acids is 1. The van der Waals surface area contributed by atoms with E-state index in [0.29, 0.717) is 16.4 Å². The summed E-state index contributed by atoms with van der Waals surface area (Å²) in [4.78, 5) is 12.0. The minimum absolute atomic E-state index is 0.0661. The summed E-state index contributed by atoms with van der Waals surface area (Å²) in [7, 11) is 0. The highest BCUT2D eigenvalue weighted by atomic mass is 35.5. The van der Waals surface area contributed by atoms with Gasteiger partial charge in [0.1, 0.15) is 5.75 Å². The minimum Gasteiger partial charge on any atom is -0.507 e. The van der Waals surface area contributed by atoms with Gasteiger partial charge in [-0.1, -0.05) is 23.7 Å². The van der Waals surface area contributed by atoms with Crippen molar-refractivity contribution in [1.29, 1.82) is 0 Å². The third-order valence-corrected chi connectivity index (χ3v) is 3.09. The zero-order valence-electron chi connectivity index (χ0n) is 11.3. The molecule has 2 aromatic carbocycles. The number of rotatable bonds is 3. The van der Waals surface area contributed by atoms with E-state index in [2.05, 4.69) is 10.5 Å². The lowest BCUT2D eigenvalue weighted by Gasteiger charge is -2.05. The molecule has 0 atom stereocenters. The van der Waals surface area contributed by atoms with E-state index in [9.17, 15) is 9.90 Å². The molecule has 108 valence electrons. The predicted octanol–water partition coefficient (Wildman–Crippen LogP) is 2.78. The largest absolute Gasteiger partial charge is 0.507 e. The molecule has 0 saturated carbocycles. The van der Waals surface area contributed by atoms with Crippen molar-refractivity contribution >= 4 is 28.9 Å². The number of nitrogens with one attached hydrogen (secondary N) is 1. The highest BCUT2D eigenvalue weighted by molar-refractivity contribution is 6.31. The monoisotopic (exact) mass is 303 g/mol. The third kappa shape index (κ3) is 3.73. The number of benzene rings is 2. The second-order valence-electron chi connectivity index (χ2n) is 4.42. The second-order valence-corrected chi connectivity index (χ2v) is 4.86. The minimum atomic E-state index is -0.537. The number of hydrazone groups is 1. The summed E-state index contributed by atoms with van der Waals surface area (Å²) in [5.41, 5.74) is 10.2. The summed E-state index contributed by atoms with van der Waals surface area (Å²) >= 11 is 5.80. The van der Waals surface area contributed by atoms with Crippen molar-refractivity contribution in [2.45, 2.75) is 6.92 Å². The van der Waals surface area contributed by atoms with Gasteiger partial charge in [-0.2, -0.15) is 5.10 Å². The van der Waals surface area contributed by atoms with Crippen LogP contribution in [0.5, 0.6) is 5.75 Å². The number of nitrogen functional groups attached to an aromatic ring is 1. The smallest absolute Gasteiger partial charge is 0.275 e. The summed E-state index contributed by atoms with van der Waals surface area (Å²) in [6, 6.07) is 11.3. The molecule has 0 aliphatic carbocycles. The fourth-order valence-electron chi connectivity index (χ4n) is 1.67. The van der Waals surface area contributed by atoms with Crippen LogP contribution in [0.2, 0.25) is 5.02 Å². The Bertz CT molecular complexity index is 697. The third-order valence-electron chi connectivity index (χ3n) is 2.86. The Morgan fingerprint density at radius 2 is 1.90 bits per heavy atom. The molecule has 0 aromatic heterocycles. The number of aromatic hydroxyl groups is 1. The summed E-state index contributed by atoms with van der Waals surface area (Å²) < 4.78 is 0. The molecular formula is C15H14ClN3O2. The first kappa shape index (κ1) is 14.9. The van der Waals surface area contributed by atoms with Gasteiger partial charge in [0.25, 0.3) is 5.91 Å². The van der Waals surface area contributed by atoms with E-state index in [1.807, 2.05) is 0 Å². The number of phenols is 1. The molecule has 0 unspecified atom stereocenters. The van der Waals surface area contributed by atoms with Crippen molar-refractivity contribution < 1.29 is 9.90 Å². The highest BCUT2D eigenvalue weighted by Gasteiger charge is 2.11. The van der Waals surface area contributed by atoms with Crippen LogP contribution in [0.25, 0.3) is 0 Å². The van der Waals surface area contributed by atoms with Crippen molar-refractivity contribution in [3.05, 3.63) is 58.6 Å². The number of carbonyl (C=O) groups is 1. The van der Waals surface area contributed by atoms with Gasteiger partial charge in [-0.25, -0.2) is 5.43 Å². The van der Waals surface area contributed by atoms with Crippen LogP contribution in [-0.4, -0.2) is 16.7 Å². The van der Waals surface area contributed by atoms with Crippen molar-refractivity contribution in [3.8, 4) is 5.75 Å². The van der Waals surface area contributed by atoms with Gasteiger partial charge in [0.15, 0.2) is 0 Å². The Labute approximate surface area is 127 Å².